The summed E-state index contributed by atoms with van der Waals surface area (Å²) >= 11 is 0. The van der Waals surface area contributed by atoms with Crippen LogP contribution in [0.2, 0.25) is 0 Å². The van der Waals surface area contributed by atoms with Crippen LogP contribution in [-0.2, 0) is 19.3 Å². The smallest absolute Gasteiger partial charge is 0.193 e. The Balaban J connectivity index is 0.00000196. The molecule has 0 unspecified atom stereocenters. The Morgan fingerprint density at radius 3 is 2.88 bits per heavy atom. The molecule has 0 bridgehead atoms. The molecule has 0 saturated carbocycles. The Labute approximate surface area is 171 Å². The minimum absolute atomic E-state index is 0. The SMILES string of the molecule is I.NC(=NCCCc1c[nH]c2ccccc12)Nc1ccc2c(c1)CCC2. The third kappa shape index (κ3) is 4.20. The van der Waals surface area contributed by atoms with Gasteiger partial charge in [0.2, 0.25) is 0 Å². The Hall–Kier alpha value is -2.02. The summed E-state index contributed by atoms with van der Waals surface area (Å²) in [6.07, 6.45) is 7.71. The highest BCUT2D eigenvalue weighted by molar-refractivity contribution is 14.0. The monoisotopic (exact) mass is 460 g/mol. The number of nitrogens with zero attached hydrogens (tertiary/aromatic N) is 1. The van der Waals surface area contributed by atoms with Gasteiger partial charge in [0.25, 0.3) is 0 Å². The molecular weight excluding hydrogens is 435 g/mol. The van der Waals surface area contributed by atoms with E-state index in [-0.39, 0.29) is 24.0 Å². The Kier molecular flexibility index (Phi) is 6.19. The zero-order chi connectivity index (χ0) is 17.1. The van der Waals surface area contributed by atoms with Crippen LogP contribution in [0.3, 0.4) is 0 Å². The summed E-state index contributed by atoms with van der Waals surface area (Å²) in [6.45, 7) is 0.725. The van der Waals surface area contributed by atoms with Gasteiger partial charge in [0.1, 0.15) is 0 Å². The molecule has 2 aromatic carbocycles. The van der Waals surface area contributed by atoms with Crippen molar-refractivity contribution in [3.05, 3.63) is 65.4 Å². The number of rotatable bonds is 5. The van der Waals surface area contributed by atoms with Gasteiger partial charge in [0, 0.05) is 29.3 Å². The quantitative estimate of drug-likeness (QED) is 0.225. The number of anilines is 1. The molecule has 4 nitrogen and oxygen atoms in total. The zero-order valence-corrected chi connectivity index (χ0v) is 17.1. The summed E-state index contributed by atoms with van der Waals surface area (Å²) in [5.74, 6) is 0.497. The largest absolute Gasteiger partial charge is 0.370 e. The van der Waals surface area contributed by atoms with Crippen molar-refractivity contribution >= 4 is 46.5 Å². The van der Waals surface area contributed by atoms with Gasteiger partial charge in [-0.1, -0.05) is 24.3 Å². The first-order chi connectivity index (χ1) is 12.3. The maximum Gasteiger partial charge on any atom is 0.193 e. The van der Waals surface area contributed by atoms with E-state index in [1.165, 1.54) is 46.9 Å². The topological polar surface area (TPSA) is 66.2 Å². The van der Waals surface area contributed by atoms with Gasteiger partial charge >= 0.3 is 0 Å². The van der Waals surface area contributed by atoms with E-state index in [1.54, 1.807) is 0 Å². The summed E-state index contributed by atoms with van der Waals surface area (Å²) in [4.78, 5) is 7.78. The third-order valence-corrected chi connectivity index (χ3v) is 4.93. The molecule has 0 amide bonds. The van der Waals surface area contributed by atoms with Crippen LogP contribution in [0.15, 0.2) is 53.7 Å². The number of aryl methyl sites for hydroxylation is 3. The van der Waals surface area contributed by atoms with Gasteiger partial charge in [-0.25, -0.2) is 0 Å². The minimum atomic E-state index is 0. The van der Waals surface area contributed by atoms with Crippen molar-refractivity contribution in [3.63, 3.8) is 0 Å². The van der Waals surface area contributed by atoms with Crippen molar-refractivity contribution in [2.45, 2.75) is 32.1 Å². The molecule has 0 saturated heterocycles. The molecule has 1 aliphatic carbocycles. The van der Waals surface area contributed by atoms with Crippen LogP contribution in [0.5, 0.6) is 0 Å². The molecule has 4 N–H and O–H groups in total. The molecule has 0 aliphatic heterocycles. The molecule has 0 atom stereocenters. The lowest BCUT2D eigenvalue weighted by molar-refractivity contribution is 0.836. The highest BCUT2D eigenvalue weighted by Crippen LogP contribution is 2.24. The fourth-order valence-electron chi connectivity index (χ4n) is 3.64. The summed E-state index contributed by atoms with van der Waals surface area (Å²) in [7, 11) is 0. The Morgan fingerprint density at radius 1 is 1.12 bits per heavy atom. The van der Waals surface area contributed by atoms with Crippen LogP contribution in [0.4, 0.5) is 5.69 Å². The highest BCUT2D eigenvalue weighted by Gasteiger charge is 2.10. The number of hydrogen-bond acceptors (Lipinski definition) is 1. The van der Waals surface area contributed by atoms with E-state index in [4.69, 9.17) is 5.73 Å². The van der Waals surface area contributed by atoms with E-state index in [1.807, 2.05) is 0 Å². The number of fused-ring (bicyclic) bond motifs is 2. The summed E-state index contributed by atoms with van der Waals surface area (Å²) < 4.78 is 0. The number of H-pyrrole nitrogens is 1. The molecule has 26 heavy (non-hydrogen) atoms. The summed E-state index contributed by atoms with van der Waals surface area (Å²) in [6, 6.07) is 14.9. The van der Waals surface area contributed by atoms with Gasteiger partial charge in [0.15, 0.2) is 5.96 Å². The predicted octanol–water partition coefficient (Wildman–Crippen LogP) is 4.63. The number of nitrogens with one attached hydrogen (secondary N) is 2. The molecule has 3 aromatic rings. The lowest BCUT2D eigenvalue weighted by Crippen LogP contribution is -2.23. The fraction of sp³-hybridized carbons (Fsp3) is 0.286. The van der Waals surface area contributed by atoms with Gasteiger partial charge in [-0.05, 0) is 67.0 Å². The van der Waals surface area contributed by atoms with Crippen molar-refractivity contribution in [2.24, 2.45) is 10.7 Å². The van der Waals surface area contributed by atoms with E-state index in [0.29, 0.717) is 5.96 Å². The maximum atomic E-state index is 6.03. The van der Waals surface area contributed by atoms with Crippen molar-refractivity contribution in [2.75, 3.05) is 11.9 Å². The molecule has 0 radical (unpaired) electrons. The molecule has 1 aromatic heterocycles. The number of hydrogen-bond donors (Lipinski definition) is 3. The number of nitrogens with two attached hydrogens (primary N) is 1. The molecule has 1 heterocycles. The van der Waals surface area contributed by atoms with Gasteiger partial charge in [0.05, 0.1) is 0 Å². The lowest BCUT2D eigenvalue weighted by Gasteiger charge is -2.08. The molecular formula is C21H25IN4. The summed E-state index contributed by atoms with van der Waals surface area (Å²) in [5, 5.41) is 4.52. The normalized spacial score (nSPS) is 13.5. The Bertz CT molecular complexity index is 913. The zero-order valence-electron chi connectivity index (χ0n) is 14.8. The Morgan fingerprint density at radius 2 is 1.96 bits per heavy atom. The van der Waals surface area contributed by atoms with Crippen LogP contribution >= 0.6 is 24.0 Å². The number of aromatic nitrogens is 1. The van der Waals surface area contributed by atoms with Crippen LogP contribution in [0.25, 0.3) is 10.9 Å². The highest BCUT2D eigenvalue weighted by atomic mass is 127. The molecule has 0 fully saturated rings. The van der Waals surface area contributed by atoms with E-state index in [9.17, 15) is 0 Å². The van der Waals surface area contributed by atoms with Crippen LogP contribution in [-0.4, -0.2) is 17.5 Å². The first-order valence-electron chi connectivity index (χ1n) is 9.03. The van der Waals surface area contributed by atoms with Crippen molar-refractivity contribution in [3.8, 4) is 0 Å². The van der Waals surface area contributed by atoms with Crippen molar-refractivity contribution in [1.82, 2.24) is 4.98 Å². The second kappa shape index (κ2) is 8.58. The average molecular weight is 460 g/mol. The number of halogens is 1. The van der Waals surface area contributed by atoms with Gasteiger partial charge in [-0.3, -0.25) is 4.99 Å². The second-order valence-electron chi connectivity index (χ2n) is 6.69. The van der Waals surface area contributed by atoms with Crippen LogP contribution in [0.1, 0.15) is 29.5 Å². The standard InChI is InChI=1S/C21H24N4.HI/c22-21(25-18-11-10-15-5-3-6-16(15)13-18)23-12-4-7-17-14-24-20-9-2-1-8-19(17)20;/h1-2,8-11,13-14,24H,3-7,12H2,(H3,22,23,25);1H. The number of guanidine groups is 1. The molecule has 4 rings (SSSR count). The van der Waals surface area contributed by atoms with Crippen LogP contribution < -0.4 is 11.1 Å². The predicted molar refractivity (Wildman–Crippen MR) is 121 cm³/mol. The lowest BCUT2D eigenvalue weighted by atomic mass is 10.1. The first kappa shape index (κ1) is 18.8. The van der Waals surface area contributed by atoms with Gasteiger partial charge in [-0.2, -0.15) is 0 Å². The van der Waals surface area contributed by atoms with Gasteiger partial charge in [-0.15, -0.1) is 24.0 Å². The van der Waals surface area contributed by atoms with Gasteiger partial charge < -0.3 is 16.0 Å². The minimum Gasteiger partial charge on any atom is -0.370 e. The number of para-hydroxylation sites is 1. The van der Waals surface area contributed by atoms with E-state index < -0.39 is 0 Å². The second-order valence-corrected chi connectivity index (χ2v) is 6.69. The van der Waals surface area contributed by atoms with E-state index in [2.05, 4.69) is 64.0 Å². The molecule has 136 valence electrons. The number of benzene rings is 2. The van der Waals surface area contributed by atoms with E-state index >= 15 is 0 Å². The van der Waals surface area contributed by atoms with E-state index in [0.717, 1.165) is 25.1 Å². The number of aliphatic imine (C=N–C) groups is 1. The maximum absolute atomic E-state index is 6.03. The summed E-state index contributed by atoms with van der Waals surface area (Å²) in [5.41, 5.74) is 12.5. The first-order valence-corrected chi connectivity index (χ1v) is 9.03. The molecule has 1 aliphatic rings. The average Bonchev–Trinajstić information content (AvgIpc) is 3.25. The third-order valence-electron chi connectivity index (χ3n) is 4.93. The van der Waals surface area contributed by atoms with Crippen LogP contribution in [0, 0.1) is 0 Å². The van der Waals surface area contributed by atoms with Crippen molar-refractivity contribution < 1.29 is 0 Å². The molecule has 0 spiro atoms. The fourth-order valence-corrected chi connectivity index (χ4v) is 3.64. The molecule has 5 heteroatoms. The number of aromatic amines is 1. The van der Waals surface area contributed by atoms with Crippen molar-refractivity contribution in [1.29, 1.82) is 0 Å².